The predicted molar refractivity (Wildman–Crippen MR) is 83.5 cm³/mol. The molecular weight excluding hydrogens is 399 g/mol. The van der Waals surface area contributed by atoms with Gasteiger partial charge in [0.05, 0.1) is 5.56 Å². The van der Waals surface area contributed by atoms with Crippen molar-refractivity contribution in [3.05, 3.63) is 40.2 Å². The Morgan fingerprint density at radius 1 is 1.22 bits per heavy atom. The van der Waals surface area contributed by atoms with Gasteiger partial charge in [-0.25, -0.2) is 0 Å². The summed E-state index contributed by atoms with van der Waals surface area (Å²) >= 11 is 9.47. The first-order chi connectivity index (χ1) is 10.8. The summed E-state index contributed by atoms with van der Waals surface area (Å²) in [7, 11) is 0. The van der Waals surface area contributed by atoms with Crippen LogP contribution in [0.15, 0.2) is 35.1 Å². The Kier molecular flexibility index (Phi) is 4.15. The number of fused-ring (bicyclic) bond motifs is 1. The smallest absolute Gasteiger partial charge is 0.360 e. The monoisotopic (exact) mass is 405 g/mol. The van der Waals surface area contributed by atoms with Crippen LogP contribution in [-0.4, -0.2) is 32.3 Å². The quantitative estimate of drug-likeness (QED) is 0.663. The summed E-state index contributed by atoms with van der Waals surface area (Å²) in [6, 6.07) is 6.94. The van der Waals surface area contributed by atoms with Crippen LogP contribution in [0.5, 0.6) is 0 Å². The van der Waals surface area contributed by atoms with Gasteiger partial charge in [0.15, 0.2) is 0 Å². The molecule has 0 spiro atoms. The van der Waals surface area contributed by atoms with Gasteiger partial charge < -0.3 is 5.32 Å². The molecule has 120 valence electrons. The second kappa shape index (κ2) is 5.97. The topological polar surface area (TPSA) is 55.1 Å². The van der Waals surface area contributed by atoms with E-state index in [1.807, 2.05) is 0 Å². The van der Waals surface area contributed by atoms with Crippen LogP contribution in [0.25, 0.3) is 16.9 Å². The number of halogens is 5. The first kappa shape index (κ1) is 16.0. The minimum Gasteiger partial charge on any atom is -0.360 e. The van der Waals surface area contributed by atoms with Gasteiger partial charge in [-0.1, -0.05) is 39.7 Å². The molecule has 0 unspecified atom stereocenters. The number of alkyl halides is 3. The lowest BCUT2D eigenvalue weighted by atomic mass is 10.1. The Morgan fingerprint density at radius 2 is 1.91 bits per heavy atom. The van der Waals surface area contributed by atoms with Crippen LogP contribution in [0.3, 0.4) is 0 Å². The molecule has 1 aromatic carbocycles. The van der Waals surface area contributed by atoms with Gasteiger partial charge >= 0.3 is 6.18 Å². The lowest BCUT2D eigenvalue weighted by Crippen LogP contribution is -2.23. The number of hydrogen-bond donors (Lipinski definition) is 1. The standard InChI is InChI=1S/C13H8BrClF3N5/c14-8-3-1-7(2-4-8)9-10(15)22-12-20-6-21-23(12)11(9)19-5-13(16,17)18/h1-4,6,19H,5H2. The van der Waals surface area contributed by atoms with Crippen LogP contribution in [0.1, 0.15) is 0 Å². The maximum Gasteiger partial charge on any atom is 0.405 e. The average Bonchev–Trinajstić information content (AvgIpc) is 2.92. The molecule has 2 aromatic heterocycles. The fourth-order valence-electron chi connectivity index (χ4n) is 2.04. The van der Waals surface area contributed by atoms with Crippen LogP contribution < -0.4 is 5.32 Å². The van der Waals surface area contributed by atoms with E-state index >= 15 is 0 Å². The zero-order chi connectivity index (χ0) is 16.6. The number of nitrogens with one attached hydrogen (secondary N) is 1. The SMILES string of the molecule is FC(F)(F)CNc1c(-c2ccc(Br)cc2)c(Cl)nc2ncnn12. The predicted octanol–water partition coefficient (Wildman–Crippen LogP) is 4.18. The third kappa shape index (κ3) is 3.40. The molecule has 0 bridgehead atoms. The summed E-state index contributed by atoms with van der Waals surface area (Å²) in [6.45, 7) is -1.23. The molecule has 0 saturated heterocycles. The van der Waals surface area contributed by atoms with Gasteiger partial charge in [0.2, 0.25) is 0 Å². The summed E-state index contributed by atoms with van der Waals surface area (Å²) in [5.41, 5.74) is 0.925. The lowest BCUT2D eigenvalue weighted by Gasteiger charge is -2.15. The van der Waals surface area contributed by atoms with Gasteiger partial charge in [0, 0.05) is 4.47 Å². The summed E-state index contributed by atoms with van der Waals surface area (Å²) in [5.74, 6) is 0.192. The van der Waals surface area contributed by atoms with Gasteiger partial charge in [0.1, 0.15) is 23.8 Å². The molecule has 3 aromatic rings. The summed E-state index contributed by atoms with van der Waals surface area (Å²) in [6.07, 6.45) is -3.19. The Balaban J connectivity index is 2.18. The third-order valence-corrected chi connectivity index (χ3v) is 3.77. The highest BCUT2D eigenvalue weighted by Gasteiger charge is 2.28. The molecule has 2 heterocycles. The van der Waals surface area contributed by atoms with E-state index < -0.39 is 12.7 Å². The van der Waals surface area contributed by atoms with Gasteiger partial charge in [-0.15, -0.1) is 0 Å². The number of hydrogen-bond acceptors (Lipinski definition) is 4. The zero-order valence-electron chi connectivity index (χ0n) is 11.3. The Labute approximate surface area is 141 Å². The van der Waals surface area contributed by atoms with E-state index in [2.05, 4.69) is 36.3 Å². The normalized spacial score (nSPS) is 11.9. The van der Waals surface area contributed by atoms with Gasteiger partial charge in [-0.05, 0) is 17.7 Å². The van der Waals surface area contributed by atoms with Crippen molar-refractivity contribution in [1.29, 1.82) is 0 Å². The number of anilines is 1. The highest BCUT2D eigenvalue weighted by molar-refractivity contribution is 9.10. The van der Waals surface area contributed by atoms with Crippen molar-refractivity contribution in [2.75, 3.05) is 11.9 Å². The summed E-state index contributed by atoms with van der Waals surface area (Å²) in [5, 5.41) is 6.28. The minimum atomic E-state index is -4.39. The molecule has 0 radical (unpaired) electrons. The van der Waals surface area contributed by atoms with E-state index in [-0.39, 0.29) is 16.7 Å². The fourth-order valence-corrected chi connectivity index (χ4v) is 2.57. The molecule has 5 nitrogen and oxygen atoms in total. The van der Waals surface area contributed by atoms with Crippen LogP contribution in [-0.2, 0) is 0 Å². The Bertz CT molecular complexity index is 847. The van der Waals surface area contributed by atoms with E-state index in [1.54, 1.807) is 24.3 Å². The van der Waals surface area contributed by atoms with Crippen molar-refractivity contribution in [3.8, 4) is 11.1 Å². The van der Waals surface area contributed by atoms with Crippen molar-refractivity contribution in [3.63, 3.8) is 0 Å². The number of aromatic nitrogens is 4. The van der Waals surface area contributed by atoms with Crippen molar-refractivity contribution in [2.45, 2.75) is 6.18 Å². The molecule has 10 heteroatoms. The maximum absolute atomic E-state index is 12.6. The van der Waals surface area contributed by atoms with Gasteiger partial charge in [0.25, 0.3) is 5.78 Å². The van der Waals surface area contributed by atoms with Gasteiger partial charge in [-0.2, -0.15) is 32.8 Å². The van der Waals surface area contributed by atoms with Crippen LogP contribution in [0.2, 0.25) is 5.15 Å². The number of nitrogens with zero attached hydrogens (tertiary/aromatic N) is 4. The zero-order valence-corrected chi connectivity index (χ0v) is 13.6. The molecule has 0 atom stereocenters. The molecule has 0 aliphatic carbocycles. The van der Waals surface area contributed by atoms with Gasteiger partial charge in [-0.3, -0.25) is 0 Å². The molecule has 0 saturated carbocycles. The number of rotatable bonds is 3. The maximum atomic E-state index is 12.6. The highest BCUT2D eigenvalue weighted by Crippen LogP contribution is 2.35. The van der Waals surface area contributed by atoms with E-state index in [1.165, 1.54) is 10.8 Å². The Hall–Kier alpha value is -1.87. The van der Waals surface area contributed by atoms with Crippen molar-refractivity contribution >= 4 is 39.1 Å². The third-order valence-electron chi connectivity index (χ3n) is 2.97. The average molecular weight is 407 g/mol. The lowest BCUT2D eigenvalue weighted by molar-refractivity contribution is -0.115. The minimum absolute atomic E-state index is 0.0393. The van der Waals surface area contributed by atoms with Crippen molar-refractivity contribution in [2.24, 2.45) is 0 Å². The van der Waals surface area contributed by atoms with Crippen LogP contribution in [0, 0.1) is 0 Å². The van der Waals surface area contributed by atoms with Crippen LogP contribution in [0.4, 0.5) is 19.0 Å². The molecular formula is C13H8BrClF3N5. The van der Waals surface area contributed by atoms with E-state index in [0.717, 1.165) is 4.47 Å². The summed E-state index contributed by atoms with van der Waals surface area (Å²) in [4.78, 5) is 7.92. The second-order valence-corrected chi connectivity index (χ2v) is 5.85. The highest BCUT2D eigenvalue weighted by atomic mass is 79.9. The first-order valence-corrected chi connectivity index (χ1v) is 7.48. The Morgan fingerprint density at radius 3 is 2.57 bits per heavy atom. The second-order valence-electron chi connectivity index (χ2n) is 4.57. The largest absolute Gasteiger partial charge is 0.405 e. The molecule has 0 aliphatic rings. The molecule has 0 amide bonds. The van der Waals surface area contributed by atoms with Crippen molar-refractivity contribution < 1.29 is 13.2 Å². The van der Waals surface area contributed by atoms with E-state index in [4.69, 9.17) is 11.6 Å². The van der Waals surface area contributed by atoms with E-state index in [0.29, 0.717) is 11.1 Å². The summed E-state index contributed by atoms with van der Waals surface area (Å²) < 4.78 is 39.8. The molecule has 0 aliphatic heterocycles. The van der Waals surface area contributed by atoms with Crippen LogP contribution >= 0.6 is 27.5 Å². The number of benzene rings is 1. The van der Waals surface area contributed by atoms with Crippen molar-refractivity contribution in [1.82, 2.24) is 19.6 Å². The molecule has 3 rings (SSSR count). The fraction of sp³-hybridized carbons (Fsp3) is 0.154. The molecule has 0 fully saturated rings. The first-order valence-electron chi connectivity index (χ1n) is 6.31. The van der Waals surface area contributed by atoms with E-state index in [9.17, 15) is 13.2 Å². The molecule has 1 N–H and O–H groups in total. The molecule has 23 heavy (non-hydrogen) atoms.